The van der Waals surface area contributed by atoms with E-state index in [9.17, 15) is 4.79 Å². The molecule has 1 aromatic heterocycles. The van der Waals surface area contributed by atoms with Crippen molar-refractivity contribution >= 4 is 5.91 Å². The number of carbonyl (C=O) groups excluding carboxylic acids is 1. The maximum absolute atomic E-state index is 12.3. The molecule has 0 aliphatic carbocycles. The molecule has 4 heteroatoms. The summed E-state index contributed by atoms with van der Waals surface area (Å²) in [5.41, 5.74) is 6.72. The number of benzene rings is 1. The number of amides is 1. The van der Waals surface area contributed by atoms with Crippen LogP contribution < -0.4 is 5.73 Å². The molecule has 0 atom stereocenters. The van der Waals surface area contributed by atoms with Crippen LogP contribution in [0, 0.1) is 0 Å². The molecule has 0 radical (unpaired) electrons. The molecule has 4 nitrogen and oxygen atoms in total. The van der Waals surface area contributed by atoms with E-state index in [0.29, 0.717) is 32.5 Å². The van der Waals surface area contributed by atoms with Gasteiger partial charge in [-0.2, -0.15) is 0 Å². The van der Waals surface area contributed by atoms with Gasteiger partial charge in [0.15, 0.2) is 0 Å². The molecule has 20 heavy (non-hydrogen) atoms. The van der Waals surface area contributed by atoms with E-state index in [-0.39, 0.29) is 5.91 Å². The number of furan rings is 1. The quantitative estimate of drug-likeness (QED) is 0.840. The molecular weight excluding hydrogens is 252 g/mol. The van der Waals surface area contributed by atoms with Crippen LogP contribution in [0.1, 0.15) is 17.7 Å². The summed E-state index contributed by atoms with van der Waals surface area (Å²) in [6.45, 7) is 1.65. The van der Waals surface area contributed by atoms with Crippen LogP contribution in [0.2, 0.25) is 0 Å². The molecule has 0 spiro atoms. The number of nitrogens with zero attached hydrogens (tertiary/aromatic N) is 1. The number of carbonyl (C=O) groups is 1. The van der Waals surface area contributed by atoms with Gasteiger partial charge in [-0.1, -0.05) is 30.3 Å². The first kappa shape index (κ1) is 14.3. The first-order chi connectivity index (χ1) is 9.79. The summed E-state index contributed by atoms with van der Waals surface area (Å²) in [5, 5.41) is 0. The molecule has 0 fully saturated rings. The minimum atomic E-state index is 0.107. The van der Waals surface area contributed by atoms with Gasteiger partial charge in [0.1, 0.15) is 5.76 Å². The molecular formula is C16H20N2O2. The Kier molecular flexibility index (Phi) is 5.38. The zero-order chi connectivity index (χ0) is 14.2. The van der Waals surface area contributed by atoms with Crippen molar-refractivity contribution in [3.63, 3.8) is 0 Å². The molecule has 0 aliphatic rings. The maximum Gasteiger partial charge on any atom is 0.223 e. The Morgan fingerprint density at radius 2 is 1.95 bits per heavy atom. The van der Waals surface area contributed by atoms with Crippen molar-refractivity contribution in [2.75, 3.05) is 13.1 Å². The van der Waals surface area contributed by atoms with E-state index in [1.165, 1.54) is 0 Å². The fourth-order valence-electron chi connectivity index (χ4n) is 2.09. The summed E-state index contributed by atoms with van der Waals surface area (Å²) in [6, 6.07) is 13.7. The van der Waals surface area contributed by atoms with Crippen molar-refractivity contribution in [2.45, 2.75) is 19.4 Å². The lowest BCUT2D eigenvalue weighted by atomic mass is 10.2. The predicted octanol–water partition coefficient (Wildman–Crippen LogP) is 2.20. The summed E-state index contributed by atoms with van der Waals surface area (Å²) < 4.78 is 5.25. The van der Waals surface area contributed by atoms with Gasteiger partial charge in [-0.15, -0.1) is 0 Å². The third kappa shape index (κ3) is 4.24. The average Bonchev–Trinajstić information content (AvgIpc) is 2.99. The second-order valence-electron chi connectivity index (χ2n) is 4.67. The number of rotatable bonds is 7. The first-order valence-electron chi connectivity index (χ1n) is 6.83. The molecule has 1 aromatic carbocycles. The highest BCUT2D eigenvalue weighted by molar-refractivity contribution is 5.76. The summed E-state index contributed by atoms with van der Waals surface area (Å²) >= 11 is 0. The zero-order valence-electron chi connectivity index (χ0n) is 11.5. The van der Waals surface area contributed by atoms with Crippen LogP contribution in [0.15, 0.2) is 53.1 Å². The lowest BCUT2D eigenvalue weighted by Crippen LogP contribution is -2.35. The molecule has 0 unspecified atom stereocenters. The topological polar surface area (TPSA) is 59.5 Å². The molecule has 1 amide bonds. The Morgan fingerprint density at radius 3 is 2.60 bits per heavy atom. The van der Waals surface area contributed by atoms with Gasteiger partial charge in [0.2, 0.25) is 5.91 Å². The minimum absolute atomic E-state index is 0.107. The van der Waals surface area contributed by atoms with E-state index >= 15 is 0 Å². The summed E-state index contributed by atoms with van der Waals surface area (Å²) in [7, 11) is 0. The van der Waals surface area contributed by atoms with Crippen LogP contribution in [0.4, 0.5) is 0 Å². The largest absolute Gasteiger partial charge is 0.469 e. The molecule has 2 rings (SSSR count). The standard InChI is InChI=1S/C16H20N2O2/c17-10-11-18(13-14-5-2-1-3-6-14)16(19)9-8-15-7-4-12-20-15/h1-7,12H,8-11,13,17H2. The van der Waals surface area contributed by atoms with E-state index in [0.717, 1.165) is 11.3 Å². The van der Waals surface area contributed by atoms with Crippen LogP contribution in [-0.4, -0.2) is 23.9 Å². The van der Waals surface area contributed by atoms with Crippen molar-refractivity contribution in [1.82, 2.24) is 4.90 Å². The van der Waals surface area contributed by atoms with Gasteiger partial charge in [-0.3, -0.25) is 4.79 Å². The highest BCUT2D eigenvalue weighted by atomic mass is 16.3. The smallest absolute Gasteiger partial charge is 0.223 e. The van der Waals surface area contributed by atoms with Crippen molar-refractivity contribution in [2.24, 2.45) is 5.73 Å². The summed E-state index contributed by atoms with van der Waals surface area (Å²) in [4.78, 5) is 14.1. The Balaban J connectivity index is 1.91. The number of hydrogen-bond acceptors (Lipinski definition) is 3. The molecule has 1 heterocycles. The van der Waals surface area contributed by atoms with Crippen LogP contribution in [0.3, 0.4) is 0 Å². The Morgan fingerprint density at radius 1 is 1.15 bits per heavy atom. The van der Waals surface area contributed by atoms with E-state index in [4.69, 9.17) is 10.2 Å². The number of nitrogens with two attached hydrogens (primary N) is 1. The third-order valence-corrected chi connectivity index (χ3v) is 3.13. The molecule has 0 saturated heterocycles. The van der Waals surface area contributed by atoms with Gasteiger partial charge in [0.05, 0.1) is 6.26 Å². The lowest BCUT2D eigenvalue weighted by Gasteiger charge is -2.22. The van der Waals surface area contributed by atoms with E-state index in [2.05, 4.69) is 0 Å². The van der Waals surface area contributed by atoms with Gasteiger partial charge in [-0.25, -0.2) is 0 Å². The van der Waals surface area contributed by atoms with Crippen LogP contribution in [-0.2, 0) is 17.8 Å². The fourth-order valence-corrected chi connectivity index (χ4v) is 2.09. The lowest BCUT2D eigenvalue weighted by molar-refractivity contribution is -0.131. The molecule has 0 aliphatic heterocycles. The van der Waals surface area contributed by atoms with Crippen molar-refractivity contribution in [1.29, 1.82) is 0 Å². The second kappa shape index (κ2) is 7.50. The fraction of sp³-hybridized carbons (Fsp3) is 0.312. The van der Waals surface area contributed by atoms with Gasteiger partial charge in [0, 0.05) is 32.5 Å². The Labute approximate surface area is 119 Å². The van der Waals surface area contributed by atoms with Gasteiger partial charge >= 0.3 is 0 Å². The Bertz CT molecular complexity index is 509. The predicted molar refractivity (Wildman–Crippen MR) is 77.9 cm³/mol. The number of aryl methyl sites for hydroxylation is 1. The van der Waals surface area contributed by atoms with Gasteiger partial charge in [-0.05, 0) is 17.7 Å². The van der Waals surface area contributed by atoms with Crippen molar-refractivity contribution in [3.8, 4) is 0 Å². The van der Waals surface area contributed by atoms with E-state index in [1.807, 2.05) is 42.5 Å². The second-order valence-corrected chi connectivity index (χ2v) is 4.67. The molecule has 0 saturated carbocycles. The van der Waals surface area contributed by atoms with Gasteiger partial charge in [0.25, 0.3) is 0 Å². The number of hydrogen-bond donors (Lipinski definition) is 1. The molecule has 106 valence electrons. The summed E-state index contributed by atoms with van der Waals surface area (Å²) in [5.74, 6) is 0.946. The minimum Gasteiger partial charge on any atom is -0.469 e. The van der Waals surface area contributed by atoms with E-state index in [1.54, 1.807) is 11.2 Å². The normalized spacial score (nSPS) is 10.4. The van der Waals surface area contributed by atoms with Crippen molar-refractivity contribution < 1.29 is 9.21 Å². The summed E-state index contributed by atoms with van der Waals surface area (Å²) in [6.07, 6.45) is 2.70. The molecule has 2 N–H and O–H groups in total. The highest BCUT2D eigenvalue weighted by Gasteiger charge is 2.13. The van der Waals surface area contributed by atoms with Gasteiger partial charge < -0.3 is 15.1 Å². The first-order valence-corrected chi connectivity index (χ1v) is 6.83. The maximum atomic E-state index is 12.3. The Hall–Kier alpha value is -2.07. The zero-order valence-corrected chi connectivity index (χ0v) is 11.5. The average molecular weight is 272 g/mol. The highest BCUT2D eigenvalue weighted by Crippen LogP contribution is 2.09. The third-order valence-electron chi connectivity index (χ3n) is 3.13. The SMILES string of the molecule is NCCN(Cc1ccccc1)C(=O)CCc1ccco1. The van der Waals surface area contributed by atoms with Crippen LogP contribution >= 0.6 is 0 Å². The van der Waals surface area contributed by atoms with Crippen LogP contribution in [0.25, 0.3) is 0 Å². The molecule has 0 bridgehead atoms. The monoisotopic (exact) mass is 272 g/mol. The van der Waals surface area contributed by atoms with Crippen molar-refractivity contribution in [3.05, 3.63) is 60.1 Å². The van der Waals surface area contributed by atoms with Crippen LogP contribution in [0.5, 0.6) is 0 Å². The van der Waals surface area contributed by atoms with E-state index < -0.39 is 0 Å². The molecule has 2 aromatic rings.